The quantitative estimate of drug-likeness (QED) is 0.0926. The van der Waals surface area contributed by atoms with Crippen molar-refractivity contribution in [1.29, 1.82) is 0 Å². The molecule has 6 rings (SSSR count). The monoisotopic (exact) mass is 620 g/mol. The van der Waals surface area contributed by atoms with Gasteiger partial charge < -0.3 is 23.7 Å². The zero-order valence-electron chi connectivity index (χ0n) is 28.0. The van der Waals surface area contributed by atoms with Crippen LogP contribution in [0.5, 0.6) is 17.2 Å². The van der Waals surface area contributed by atoms with Crippen molar-refractivity contribution in [3.8, 4) is 17.2 Å². The molecule has 4 aromatic rings. The van der Waals surface area contributed by atoms with Gasteiger partial charge in [0.1, 0.15) is 42.7 Å². The fourth-order valence-corrected chi connectivity index (χ4v) is 5.91. The number of epoxide rings is 2. The molecule has 2 saturated heterocycles. The number of hydrogen-bond acceptors (Lipinski definition) is 5. The van der Waals surface area contributed by atoms with E-state index in [1.165, 1.54) is 34.2 Å². The molecule has 2 fully saturated rings. The van der Waals surface area contributed by atoms with E-state index in [2.05, 4.69) is 132 Å². The van der Waals surface area contributed by atoms with Gasteiger partial charge in [-0.1, -0.05) is 94.8 Å². The molecule has 46 heavy (non-hydrogen) atoms. The molecule has 0 bridgehead atoms. The average Bonchev–Trinajstić information content (AvgIpc) is 4.03. The Kier molecular flexibility index (Phi) is 9.72. The molecule has 2 heterocycles. The van der Waals surface area contributed by atoms with Crippen LogP contribution in [0.15, 0.2) is 97.1 Å². The fraction of sp³-hybridized carbons (Fsp3) is 0.415. The summed E-state index contributed by atoms with van der Waals surface area (Å²) in [5.41, 5.74) is 5.58. The van der Waals surface area contributed by atoms with Crippen LogP contribution < -0.4 is 14.2 Å². The Morgan fingerprint density at radius 3 is 1.33 bits per heavy atom. The van der Waals surface area contributed by atoms with Crippen LogP contribution in [0.1, 0.15) is 75.3 Å². The largest absolute Gasteiger partial charge is 0.494 e. The minimum Gasteiger partial charge on any atom is -0.494 e. The Labute approximate surface area is 274 Å². The molecule has 5 heteroatoms. The Balaban J connectivity index is 1.25. The number of benzene rings is 4. The average molecular weight is 621 g/mol. The van der Waals surface area contributed by atoms with Gasteiger partial charge in [-0.25, -0.2) is 0 Å². The molecule has 2 aliphatic rings. The first kappa shape index (κ1) is 32.2. The number of rotatable bonds is 16. The second-order valence-electron chi connectivity index (χ2n) is 13.6. The van der Waals surface area contributed by atoms with E-state index in [1.54, 1.807) is 0 Å². The zero-order valence-corrected chi connectivity index (χ0v) is 28.0. The maximum Gasteiger partial charge on any atom is 0.119 e. The van der Waals surface area contributed by atoms with Crippen LogP contribution in [0.4, 0.5) is 0 Å². The minimum absolute atomic E-state index is 0.175. The van der Waals surface area contributed by atoms with E-state index in [9.17, 15) is 0 Å². The van der Waals surface area contributed by atoms with Crippen LogP contribution >= 0.6 is 0 Å². The highest BCUT2D eigenvalue weighted by molar-refractivity contribution is 5.52. The highest BCUT2D eigenvalue weighted by Gasteiger charge is 2.33. The topological polar surface area (TPSA) is 52.8 Å². The van der Waals surface area contributed by atoms with E-state index in [4.69, 9.17) is 23.7 Å². The second-order valence-corrected chi connectivity index (χ2v) is 13.6. The van der Waals surface area contributed by atoms with Gasteiger partial charge in [-0.3, -0.25) is 0 Å². The van der Waals surface area contributed by atoms with Crippen molar-refractivity contribution < 1.29 is 23.7 Å². The third-order valence-corrected chi connectivity index (χ3v) is 9.88. The molecule has 4 atom stereocenters. The molecule has 2 aliphatic heterocycles. The summed E-state index contributed by atoms with van der Waals surface area (Å²) in [5.74, 6) is 3.32. The molecule has 242 valence electrons. The van der Waals surface area contributed by atoms with Crippen molar-refractivity contribution in [2.75, 3.05) is 33.0 Å². The summed E-state index contributed by atoms with van der Waals surface area (Å²) in [7, 11) is 0. The number of hydrogen-bond donors (Lipinski definition) is 0. The first-order valence-electron chi connectivity index (χ1n) is 16.8. The summed E-state index contributed by atoms with van der Waals surface area (Å²) >= 11 is 0. The van der Waals surface area contributed by atoms with E-state index in [-0.39, 0.29) is 23.0 Å². The van der Waals surface area contributed by atoms with Gasteiger partial charge in [0.2, 0.25) is 0 Å². The fourth-order valence-electron chi connectivity index (χ4n) is 5.91. The Hall–Kier alpha value is -3.80. The summed E-state index contributed by atoms with van der Waals surface area (Å²) in [6, 6.07) is 34.8. The van der Waals surface area contributed by atoms with Crippen molar-refractivity contribution in [1.82, 2.24) is 0 Å². The predicted molar refractivity (Wildman–Crippen MR) is 183 cm³/mol. The van der Waals surface area contributed by atoms with E-state index < -0.39 is 0 Å². The van der Waals surface area contributed by atoms with Crippen molar-refractivity contribution in [3.63, 3.8) is 0 Å². The summed E-state index contributed by atoms with van der Waals surface area (Å²) in [6.45, 7) is 14.9. The molecular weight excluding hydrogens is 572 g/mol. The smallest absolute Gasteiger partial charge is 0.119 e. The van der Waals surface area contributed by atoms with Crippen molar-refractivity contribution in [3.05, 3.63) is 125 Å². The van der Waals surface area contributed by atoms with Crippen LogP contribution in [0.25, 0.3) is 0 Å². The molecule has 4 unspecified atom stereocenters. The molecule has 0 aliphatic carbocycles. The van der Waals surface area contributed by atoms with Crippen LogP contribution in [-0.4, -0.2) is 45.2 Å². The molecule has 0 spiro atoms. The van der Waals surface area contributed by atoms with Crippen LogP contribution in [-0.2, 0) is 20.3 Å². The van der Waals surface area contributed by atoms with E-state index in [0.29, 0.717) is 19.1 Å². The lowest BCUT2D eigenvalue weighted by Crippen LogP contribution is -2.26. The highest BCUT2D eigenvalue weighted by atomic mass is 16.6. The SMILES string of the molecule is CCC(C)CCOc1ccc(C(C)(c2ccc(OCC3CO3)cc2)c2ccc(C(C)(C)c3ccc(OCC4CO4)cc3)cc2)cc1. The second kappa shape index (κ2) is 13.9. The van der Waals surface area contributed by atoms with Gasteiger partial charge in [-0.2, -0.15) is 0 Å². The Morgan fingerprint density at radius 1 is 0.587 bits per heavy atom. The maximum atomic E-state index is 6.11. The maximum absolute atomic E-state index is 6.11. The molecular formula is C41H48O5. The first-order chi connectivity index (χ1) is 22.3. The van der Waals surface area contributed by atoms with Crippen LogP contribution in [0.3, 0.4) is 0 Å². The van der Waals surface area contributed by atoms with Crippen molar-refractivity contribution >= 4 is 0 Å². The Bertz CT molecular complexity index is 1530. The summed E-state index contributed by atoms with van der Waals surface area (Å²) < 4.78 is 28.5. The van der Waals surface area contributed by atoms with Crippen molar-refractivity contribution in [2.24, 2.45) is 5.92 Å². The van der Waals surface area contributed by atoms with Crippen molar-refractivity contribution in [2.45, 2.75) is 70.5 Å². The minimum atomic E-state index is -0.389. The highest BCUT2D eigenvalue weighted by Crippen LogP contribution is 2.41. The molecule has 0 amide bonds. The molecule has 0 N–H and O–H groups in total. The van der Waals surface area contributed by atoms with Crippen LogP contribution in [0, 0.1) is 5.92 Å². The molecule has 0 aromatic heterocycles. The third kappa shape index (κ3) is 7.59. The first-order valence-corrected chi connectivity index (χ1v) is 16.8. The lowest BCUT2D eigenvalue weighted by molar-refractivity contribution is 0.263. The van der Waals surface area contributed by atoms with Gasteiger partial charge in [0.25, 0.3) is 0 Å². The predicted octanol–water partition coefficient (Wildman–Crippen LogP) is 8.74. The van der Waals surface area contributed by atoms with Gasteiger partial charge in [0.15, 0.2) is 0 Å². The zero-order chi connectivity index (χ0) is 32.1. The normalized spacial score (nSPS) is 19.2. The van der Waals surface area contributed by atoms with E-state index in [1.807, 2.05) is 0 Å². The standard InChI is InChI=1S/C41H48O5/c1-6-29(2)23-24-42-35-19-13-33(14-20-35)41(5,34-15-21-37(22-16-34)44-26-39-28-46-39)32-9-7-30(8-10-32)40(3,4)31-11-17-36(18-12-31)43-25-38-27-45-38/h7-22,29,38-39H,6,23-28H2,1-5H3. The molecule has 5 nitrogen and oxygen atoms in total. The summed E-state index contributed by atoms with van der Waals surface area (Å²) in [4.78, 5) is 0. The summed E-state index contributed by atoms with van der Waals surface area (Å²) in [6.07, 6.45) is 2.72. The Morgan fingerprint density at radius 2 is 0.935 bits per heavy atom. The number of ether oxygens (including phenoxy) is 5. The lowest BCUT2D eigenvalue weighted by atomic mass is 9.70. The van der Waals surface area contributed by atoms with Gasteiger partial charge in [0.05, 0.1) is 19.8 Å². The van der Waals surface area contributed by atoms with E-state index in [0.717, 1.165) is 43.5 Å². The van der Waals surface area contributed by atoms with E-state index >= 15 is 0 Å². The lowest BCUT2D eigenvalue weighted by Gasteiger charge is -2.33. The van der Waals surface area contributed by atoms with Gasteiger partial charge in [0, 0.05) is 10.8 Å². The molecule has 0 saturated carbocycles. The third-order valence-electron chi connectivity index (χ3n) is 9.88. The molecule has 4 aromatic carbocycles. The molecule has 0 radical (unpaired) electrons. The van der Waals surface area contributed by atoms with Gasteiger partial charge in [-0.15, -0.1) is 0 Å². The van der Waals surface area contributed by atoms with Gasteiger partial charge in [-0.05, 0) is 83.5 Å². The van der Waals surface area contributed by atoms with Gasteiger partial charge >= 0.3 is 0 Å². The summed E-state index contributed by atoms with van der Waals surface area (Å²) in [5, 5.41) is 0. The van der Waals surface area contributed by atoms with Crippen LogP contribution in [0.2, 0.25) is 0 Å².